The molecule has 4 heteroatoms. The largest absolute Gasteiger partial charge is 0.463 e. The lowest BCUT2D eigenvalue weighted by Crippen LogP contribution is -2.33. The van der Waals surface area contributed by atoms with E-state index >= 15 is 0 Å². The van der Waals surface area contributed by atoms with Gasteiger partial charge in [-0.25, -0.2) is 0 Å². The minimum atomic E-state index is -0.273. The third-order valence-corrected chi connectivity index (χ3v) is 2.55. The zero-order valence-electron chi connectivity index (χ0n) is 10.3. The van der Waals surface area contributed by atoms with Gasteiger partial charge in [0.2, 0.25) is 0 Å². The first kappa shape index (κ1) is 14.0. The van der Waals surface area contributed by atoms with Crippen molar-refractivity contribution in [1.29, 1.82) is 0 Å². The molecule has 1 aliphatic heterocycles. The fraction of sp³-hybridized carbons (Fsp3) is 0.769. The molecule has 1 heterocycles. The minimum Gasteiger partial charge on any atom is -0.463 e. The van der Waals surface area contributed by atoms with Crippen LogP contribution in [0.2, 0.25) is 0 Å². The SMILES string of the molecule is C#CCCCO[C@H]1CCC[C@H](COC(C)=O)O1. The Morgan fingerprint density at radius 1 is 1.53 bits per heavy atom. The Kier molecular flexibility index (Phi) is 6.68. The monoisotopic (exact) mass is 240 g/mol. The summed E-state index contributed by atoms with van der Waals surface area (Å²) < 4.78 is 16.2. The smallest absolute Gasteiger partial charge is 0.302 e. The number of hydrogen-bond donors (Lipinski definition) is 0. The molecule has 2 atom stereocenters. The highest BCUT2D eigenvalue weighted by atomic mass is 16.7. The van der Waals surface area contributed by atoms with Gasteiger partial charge in [0.05, 0.1) is 12.7 Å². The minimum absolute atomic E-state index is 0.0368. The molecule has 1 fully saturated rings. The maximum atomic E-state index is 10.7. The van der Waals surface area contributed by atoms with Gasteiger partial charge in [0.15, 0.2) is 6.29 Å². The lowest BCUT2D eigenvalue weighted by Gasteiger charge is -2.29. The van der Waals surface area contributed by atoms with Crippen LogP contribution in [-0.2, 0) is 19.0 Å². The Morgan fingerprint density at radius 2 is 2.35 bits per heavy atom. The van der Waals surface area contributed by atoms with Gasteiger partial charge in [-0.05, 0) is 25.7 Å². The number of terminal acetylenes is 1. The molecule has 0 unspecified atom stereocenters. The zero-order valence-corrected chi connectivity index (χ0v) is 10.3. The number of carbonyl (C=O) groups is 1. The highest BCUT2D eigenvalue weighted by Crippen LogP contribution is 2.20. The van der Waals surface area contributed by atoms with Crippen LogP contribution in [0.5, 0.6) is 0 Å². The van der Waals surface area contributed by atoms with Crippen LogP contribution in [0, 0.1) is 12.3 Å². The van der Waals surface area contributed by atoms with E-state index < -0.39 is 0 Å². The first-order valence-corrected chi connectivity index (χ1v) is 6.06. The highest BCUT2D eigenvalue weighted by Gasteiger charge is 2.23. The second-order valence-corrected chi connectivity index (χ2v) is 4.10. The van der Waals surface area contributed by atoms with E-state index in [1.807, 2.05) is 0 Å². The van der Waals surface area contributed by atoms with Gasteiger partial charge in [0, 0.05) is 13.3 Å². The van der Waals surface area contributed by atoms with E-state index in [1.165, 1.54) is 6.92 Å². The van der Waals surface area contributed by atoms with E-state index in [-0.39, 0.29) is 18.4 Å². The molecule has 0 aromatic carbocycles. The van der Waals surface area contributed by atoms with Gasteiger partial charge >= 0.3 is 5.97 Å². The van der Waals surface area contributed by atoms with Crippen LogP contribution in [0.15, 0.2) is 0 Å². The molecule has 0 radical (unpaired) electrons. The van der Waals surface area contributed by atoms with Crippen LogP contribution in [0.4, 0.5) is 0 Å². The Balaban J connectivity index is 2.15. The number of hydrogen-bond acceptors (Lipinski definition) is 4. The summed E-state index contributed by atoms with van der Waals surface area (Å²) in [6.07, 6.45) is 9.36. The molecule has 4 nitrogen and oxygen atoms in total. The summed E-state index contributed by atoms with van der Waals surface area (Å²) in [6.45, 7) is 2.34. The van der Waals surface area contributed by atoms with Crippen LogP contribution in [0.1, 0.15) is 39.0 Å². The van der Waals surface area contributed by atoms with Crippen LogP contribution < -0.4 is 0 Å². The van der Waals surface area contributed by atoms with Crippen molar-refractivity contribution >= 4 is 5.97 Å². The van der Waals surface area contributed by atoms with E-state index in [0.29, 0.717) is 13.2 Å². The zero-order chi connectivity index (χ0) is 12.5. The third-order valence-electron chi connectivity index (χ3n) is 2.55. The summed E-state index contributed by atoms with van der Waals surface area (Å²) in [4.78, 5) is 10.7. The second-order valence-electron chi connectivity index (χ2n) is 4.10. The standard InChI is InChI=1S/C13H20O4/c1-3-4-5-9-15-13-8-6-7-12(17-13)10-16-11(2)14/h1,12-13H,4-10H2,2H3/t12-,13-/m1/s1. The summed E-state index contributed by atoms with van der Waals surface area (Å²) >= 11 is 0. The molecule has 0 spiro atoms. The van der Waals surface area contributed by atoms with Crippen molar-refractivity contribution in [2.24, 2.45) is 0 Å². The molecular formula is C13H20O4. The van der Waals surface area contributed by atoms with Crippen molar-refractivity contribution in [2.75, 3.05) is 13.2 Å². The van der Waals surface area contributed by atoms with Gasteiger partial charge in [-0.2, -0.15) is 0 Å². The Hall–Kier alpha value is -1.05. The summed E-state index contributed by atoms with van der Waals surface area (Å²) in [7, 11) is 0. The lowest BCUT2D eigenvalue weighted by atomic mass is 10.1. The normalized spacial score (nSPS) is 24.0. The van der Waals surface area contributed by atoms with Crippen LogP contribution in [-0.4, -0.2) is 31.6 Å². The molecular weight excluding hydrogens is 220 g/mol. The topological polar surface area (TPSA) is 44.8 Å². The molecule has 0 bridgehead atoms. The maximum Gasteiger partial charge on any atom is 0.302 e. The average Bonchev–Trinajstić information content (AvgIpc) is 2.33. The van der Waals surface area contributed by atoms with Crippen molar-refractivity contribution in [2.45, 2.75) is 51.4 Å². The molecule has 0 aromatic rings. The summed E-state index contributed by atoms with van der Waals surface area (Å²) in [5.74, 6) is 2.30. The maximum absolute atomic E-state index is 10.7. The van der Waals surface area contributed by atoms with Gasteiger partial charge < -0.3 is 14.2 Å². The van der Waals surface area contributed by atoms with Crippen molar-refractivity contribution in [3.05, 3.63) is 0 Å². The average molecular weight is 240 g/mol. The van der Waals surface area contributed by atoms with Crippen LogP contribution >= 0.6 is 0 Å². The van der Waals surface area contributed by atoms with Crippen LogP contribution in [0.25, 0.3) is 0 Å². The number of unbranched alkanes of at least 4 members (excludes halogenated alkanes) is 1. The van der Waals surface area contributed by atoms with E-state index in [2.05, 4.69) is 5.92 Å². The molecule has 1 saturated heterocycles. The fourth-order valence-corrected chi connectivity index (χ4v) is 1.71. The molecule has 96 valence electrons. The van der Waals surface area contributed by atoms with E-state index in [0.717, 1.165) is 32.1 Å². The Labute approximate surface area is 103 Å². The highest BCUT2D eigenvalue weighted by molar-refractivity contribution is 5.65. The molecule has 0 aromatic heterocycles. The predicted octanol–water partition coefficient (Wildman–Crippen LogP) is 1.87. The van der Waals surface area contributed by atoms with Gasteiger partial charge in [0.25, 0.3) is 0 Å². The molecule has 1 aliphatic rings. The number of rotatable bonds is 6. The third kappa shape index (κ3) is 6.30. The van der Waals surface area contributed by atoms with E-state index in [9.17, 15) is 4.79 Å². The van der Waals surface area contributed by atoms with E-state index in [4.69, 9.17) is 20.6 Å². The molecule has 17 heavy (non-hydrogen) atoms. The molecule has 1 rings (SSSR count). The Morgan fingerprint density at radius 3 is 3.06 bits per heavy atom. The molecule has 0 saturated carbocycles. The first-order valence-electron chi connectivity index (χ1n) is 6.06. The summed E-state index contributed by atoms with van der Waals surface area (Å²) in [6, 6.07) is 0. The predicted molar refractivity (Wildman–Crippen MR) is 63.2 cm³/mol. The lowest BCUT2D eigenvalue weighted by molar-refractivity contribution is -0.205. The number of carbonyl (C=O) groups excluding carboxylic acids is 1. The molecule has 0 N–H and O–H groups in total. The quantitative estimate of drug-likeness (QED) is 0.404. The van der Waals surface area contributed by atoms with Gasteiger partial charge in [0.1, 0.15) is 6.61 Å². The molecule has 0 aliphatic carbocycles. The van der Waals surface area contributed by atoms with Crippen LogP contribution in [0.3, 0.4) is 0 Å². The van der Waals surface area contributed by atoms with E-state index in [1.54, 1.807) is 0 Å². The van der Waals surface area contributed by atoms with Gasteiger partial charge in [-0.3, -0.25) is 4.79 Å². The first-order chi connectivity index (χ1) is 8.22. The fourth-order valence-electron chi connectivity index (χ4n) is 1.71. The van der Waals surface area contributed by atoms with Crippen molar-refractivity contribution in [3.8, 4) is 12.3 Å². The van der Waals surface area contributed by atoms with Gasteiger partial charge in [-0.1, -0.05) is 0 Å². The Bertz CT molecular complexity index is 269. The van der Waals surface area contributed by atoms with Crippen molar-refractivity contribution in [3.63, 3.8) is 0 Å². The second kappa shape index (κ2) is 8.10. The molecule has 0 amide bonds. The van der Waals surface area contributed by atoms with Crippen molar-refractivity contribution < 1.29 is 19.0 Å². The van der Waals surface area contributed by atoms with Gasteiger partial charge in [-0.15, -0.1) is 12.3 Å². The summed E-state index contributed by atoms with van der Waals surface area (Å²) in [5, 5.41) is 0. The number of ether oxygens (including phenoxy) is 3. The number of esters is 1. The van der Waals surface area contributed by atoms with Crippen molar-refractivity contribution in [1.82, 2.24) is 0 Å². The summed E-state index contributed by atoms with van der Waals surface area (Å²) in [5.41, 5.74) is 0.